The number of anilines is 2. The van der Waals surface area contributed by atoms with Crippen LogP contribution in [0.4, 0.5) is 11.6 Å². The molecule has 13 heteroatoms. The second-order valence-corrected chi connectivity index (χ2v) is 10.2. The summed E-state index contributed by atoms with van der Waals surface area (Å²) in [5, 5.41) is 4.23. The SMILES string of the molecule is COc1cc(NC(=S)N2CCN(c3nc4c(c(=O)n(C)c(=O)n4C)n3Cc3ccccc3)CC2)c(OC)cc1Cl. The number of imidazole rings is 1. The van der Waals surface area contributed by atoms with E-state index in [0.29, 0.717) is 77.2 Å². The third-order valence-corrected chi connectivity index (χ3v) is 7.73. The molecule has 1 N–H and O–H groups in total. The van der Waals surface area contributed by atoms with E-state index in [4.69, 9.17) is 38.3 Å². The van der Waals surface area contributed by atoms with Crippen LogP contribution in [-0.2, 0) is 20.6 Å². The summed E-state index contributed by atoms with van der Waals surface area (Å²) in [5.74, 6) is 1.70. The third kappa shape index (κ3) is 5.00. The average Bonchev–Trinajstić information content (AvgIpc) is 3.35. The number of halogens is 1. The van der Waals surface area contributed by atoms with E-state index in [1.165, 1.54) is 11.6 Å². The van der Waals surface area contributed by atoms with Crippen molar-refractivity contribution in [2.45, 2.75) is 6.54 Å². The van der Waals surface area contributed by atoms with Crippen molar-refractivity contribution in [3.63, 3.8) is 0 Å². The summed E-state index contributed by atoms with van der Waals surface area (Å²) < 4.78 is 15.3. The summed E-state index contributed by atoms with van der Waals surface area (Å²) in [5.41, 5.74) is 1.65. The van der Waals surface area contributed by atoms with Crippen LogP contribution >= 0.6 is 23.8 Å². The zero-order chi connectivity index (χ0) is 28.6. The van der Waals surface area contributed by atoms with Gasteiger partial charge in [-0.15, -0.1) is 0 Å². The summed E-state index contributed by atoms with van der Waals surface area (Å²) in [6, 6.07) is 13.3. The van der Waals surface area contributed by atoms with Crippen molar-refractivity contribution in [2.24, 2.45) is 14.1 Å². The first-order chi connectivity index (χ1) is 19.2. The van der Waals surface area contributed by atoms with Gasteiger partial charge in [0.15, 0.2) is 16.3 Å². The molecule has 0 bridgehead atoms. The minimum atomic E-state index is -0.413. The minimum absolute atomic E-state index is 0.363. The molecule has 0 atom stereocenters. The molecule has 1 aliphatic rings. The van der Waals surface area contributed by atoms with Gasteiger partial charge in [-0.25, -0.2) is 4.79 Å². The number of nitrogens with zero attached hydrogens (tertiary/aromatic N) is 6. The fourth-order valence-corrected chi connectivity index (χ4v) is 5.38. The number of ether oxygens (including phenoxy) is 2. The third-order valence-electron chi connectivity index (χ3n) is 7.08. The number of aryl methyl sites for hydroxylation is 1. The summed E-state index contributed by atoms with van der Waals surface area (Å²) >= 11 is 12.0. The standard InChI is InChI=1S/C27H30ClN7O4S/c1-31-23-22(24(36)32(2)27(31)37)35(16-17-8-6-5-7-9-17)25(30-23)33-10-12-34(13-11-33)26(40)29-19-15-20(38-3)18(28)14-21(19)39-4/h5-9,14-15H,10-13,16H2,1-4H3,(H,29,40). The van der Waals surface area contributed by atoms with Gasteiger partial charge in [0.05, 0.1) is 31.5 Å². The lowest BCUT2D eigenvalue weighted by atomic mass is 10.2. The molecule has 0 saturated carbocycles. The Hall–Kier alpha value is -4.03. The molecule has 4 aromatic rings. The lowest BCUT2D eigenvalue weighted by molar-refractivity contribution is 0.385. The molecule has 2 aromatic carbocycles. The van der Waals surface area contributed by atoms with Crippen LogP contribution in [0.3, 0.4) is 0 Å². The molecular formula is C27H30ClN7O4S. The van der Waals surface area contributed by atoms with Gasteiger partial charge >= 0.3 is 5.69 Å². The largest absolute Gasteiger partial charge is 0.495 e. The van der Waals surface area contributed by atoms with Gasteiger partial charge in [0, 0.05) is 52.4 Å². The number of rotatable bonds is 6. The Bertz CT molecular complexity index is 1690. The first-order valence-electron chi connectivity index (χ1n) is 12.7. The van der Waals surface area contributed by atoms with Gasteiger partial charge in [-0.3, -0.25) is 18.5 Å². The maximum Gasteiger partial charge on any atom is 0.332 e. The molecule has 0 amide bonds. The molecular weight excluding hydrogens is 554 g/mol. The molecule has 1 fully saturated rings. The number of fused-ring (bicyclic) bond motifs is 1. The van der Waals surface area contributed by atoms with Crippen LogP contribution in [0.15, 0.2) is 52.1 Å². The molecule has 210 valence electrons. The summed E-state index contributed by atoms with van der Waals surface area (Å²) in [6.07, 6.45) is 0. The Labute approximate surface area is 241 Å². The highest BCUT2D eigenvalue weighted by molar-refractivity contribution is 7.80. The predicted molar refractivity (Wildman–Crippen MR) is 160 cm³/mol. The van der Waals surface area contributed by atoms with Gasteiger partial charge in [-0.2, -0.15) is 4.98 Å². The molecule has 0 unspecified atom stereocenters. The number of hydrogen-bond acceptors (Lipinski definition) is 7. The number of thiocarbonyl (C=S) groups is 1. The van der Waals surface area contributed by atoms with Crippen molar-refractivity contribution >= 4 is 51.7 Å². The maximum absolute atomic E-state index is 13.3. The lowest BCUT2D eigenvalue weighted by Crippen LogP contribution is -2.50. The van der Waals surface area contributed by atoms with E-state index in [9.17, 15) is 9.59 Å². The van der Waals surface area contributed by atoms with Crippen LogP contribution in [0.25, 0.3) is 11.2 Å². The fourth-order valence-electron chi connectivity index (χ4n) is 4.85. The Morgan fingerprint density at radius 2 is 1.68 bits per heavy atom. The Morgan fingerprint density at radius 1 is 1.00 bits per heavy atom. The van der Waals surface area contributed by atoms with Crippen LogP contribution in [0.5, 0.6) is 11.5 Å². The van der Waals surface area contributed by atoms with Gasteiger partial charge < -0.3 is 24.6 Å². The molecule has 0 aliphatic carbocycles. The molecule has 0 spiro atoms. The number of benzene rings is 2. The molecule has 2 aromatic heterocycles. The number of nitrogens with one attached hydrogen (secondary N) is 1. The van der Waals surface area contributed by atoms with Crippen LogP contribution in [0.1, 0.15) is 5.56 Å². The first-order valence-corrected chi connectivity index (χ1v) is 13.4. The van der Waals surface area contributed by atoms with E-state index in [1.807, 2.05) is 34.9 Å². The smallest absolute Gasteiger partial charge is 0.332 e. The van der Waals surface area contributed by atoms with Crippen LogP contribution in [-0.4, -0.2) is 69.1 Å². The number of methoxy groups -OCH3 is 2. The average molecular weight is 584 g/mol. The van der Waals surface area contributed by atoms with Gasteiger partial charge in [0.25, 0.3) is 5.56 Å². The second kappa shape index (κ2) is 11.2. The highest BCUT2D eigenvalue weighted by atomic mass is 35.5. The number of hydrogen-bond donors (Lipinski definition) is 1. The Kier molecular flexibility index (Phi) is 7.72. The van der Waals surface area contributed by atoms with Crippen molar-refractivity contribution in [1.29, 1.82) is 0 Å². The summed E-state index contributed by atoms with van der Waals surface area (Å²) in [6.45, 7) is 2.89. The highest BCUT2D eigenvalue weighted by Gasteiger charge is 2.27. The topological polar surface area (TPSA) is 98.8 Å². The van der Waals surface area contributed by atoms with Crippen molar-refractivity contribution in [3.8, 4) is 11.5 Å². The molecule has 40 heavy (non-hydrogen) atoms. The quantitative estimate of drug-likeness (QED) is 0.344. The van der Waals surface area contributed by atoms with E-state index < -0.39 is 5.69 Å². The fraction of sp³-hybridized carbons (Fsp3) is 0.333. The molecule has 0 radical (unpaired) electrons. The van der Waals surface area contributed by atoms with Gasteiger partial charge in [-0.05, 0) is 17.8 Å². The molecule has 1 aliphatic heterocycles. The first kappa shape index (κ1) is 27.5. The molecule has 3 heterocycles. The molecule has 1 saturated heterocycles. The maximum atomic E-state index is 13.3. The zero-order valence-electron chi connectivity index (χ0n) is 22.7. The normalized spacial score (nSPS) is 13.5. The van der Waals surface area contributed by atoms with E-state index in [-0.39, 0.29) is 5.56 Å². The van der Waals surface area contributed by atoms with Crippen molar-refractivity contribution in [2.75, 3.05) is 50.6 Å². The molecule has 5 rings (SSSR count). The monoisotopic (exact) mass is 583 g/mol. The van der Waals surface area contributed by atoms with Gasteiger partial charge in [0.1, 0.15) is 11.5 Å². The lowest BCUT2D eigenvalue weighted by Gasteiger charge is -2.37. The Balaban J connectivity index is 1.42. The summed E-state index contributed by atoms with van der Waals surface area (Å²) in [7, 11) is 6.24. The van der Waals surface area contributed by atoms with E-state index in [1.54, 1.807) is 33.4 Å². The van der Waals surface area contributed by atoms with E-state index >= 15 is 0 Å². The Morgan fingerprint density at radius 3 is 2.33 bits per heavy atom. The van der Waals surface area contributed by atoms with E-state index in [2.05, 4.69) is 15.1 Å². The highest BCUT2D eigenvalue weighted by Crippen LogP contribution is 2.36. The zero-order valence-corrected chi connectivity index (χ0v) is 24.3. The summed E-state index contributed by atoms with van der Waals surface area (Å²) in [4.78, 5) is 34.9. The van der Waals surface area contributed by atoms with Gasteiger partial charge in [-0.1, -0.05) is 41.9 Å². The van der Waals surface area contributed by atoms with Crippen molar-refractivity contribution < 1.29 is 9.47 Å². The van der Waals surface area contributed by atoms with Gasteiger partial charge in [0.2, 0.25) is 5.95 Å². The van der Waals surface area contributed by atoms with Crippen LogP contribution in [0, 0.1) is 0 Å². The number of aromatic nitrogens is 4. The minimum Gasteiger partial charge on any atom is -0.495 e. The van der Waals surface area contributed by atoms with Crippen molar-refractivity contribution in [3.05, 3.63) is 73.9 Å². The number of piperazine rings is 1. The van der Waals surface area contributed by atoms with Crippen LogP contribution < -0.4 is 30.9 Å². The second-order valence-electron chi connectivity index (χ2n) is 9.45. The van der Waals surface area contributed by atoms with Crippen LogP contribution in [0.2, 0.25) is 5.02 Å². The van der Waals surface area contributed by atoms with Crippen molar-refractivity contribution in [1.82, 2.24) is 23.6 Å². The van der Waals surface area contributed by atoms with E-state index in [0.717, 1.165) is 10.1 Å². The predicted octanol–water partition coefficient (Wildman–Crippen LogP) is 2.67. The molecule has 11 nitrogen and oxygen atoms in total.